The number of nitrogens with one attached hydrogen (secondary N) is 4. The lowest BCUT2D eigenvalue weighted by atomic mass is 10.1. The number of carbonyl (C=O) groups is 1. The number of urea groups is 1. The molecule has 0 aliphatic rings. The van der Waals surface area contributed by atoms with Gasteiger partial charge in [0, 0.05) is 36.2 Å². The number of hydrogen-bond acceptors (Lipinski definition) is 5. The summed E-state index contributed by atoms with van der Waals surface area (Å²) in [6.45, 7) is 8.93. The Morgan fingerprint density at radius 2 is 1.50 bits per heavy atom. The number of aromatic nitrogens is 2. The Kier molecular flexibility index (Phi) is 6.85. The number of carbonyl (C=O) groups excluding carboxylic acids is 1. The third-order valence-electron chi connectivity index (χ3n) is 4.35. The van der Waals surface area contributed by atoms with Gasteiger partial charge in [-0.3, -0.25) is 0 Å². The quantitative estimate of drug-likeness (QED) is 0.429. The standard InChI is InChI=1S/C23H28N6O/c1-15-5-7-19(8-6-15)27-21-14-18(4)26-22(29-21)24-9-10-25-23(30)28-20-12-16(2)11-17(3)13-20/h5-8,11-14H,9-10H2,1-4H3,(H2,25,28,30)(H2,24,26,27,29). The van der Waals surface area contributed by atoms with Gasteiger partial charge < -0.3 is 21.3 Å². The zero-order chi connectivity index (χ0) is 21.5. The van der Waals surface area contributed by atoms with E-state index in [0.717, 1.165) is 34.0 Å². The fourth-order valence-electron chi connectivity index (χ4n) is 3.07. The van der Waals surface area contributed by atoms with Crippen LogP contribution in [0.25, 0.3) is 0 Å². The summed E-state index contributed by atoms with van der Waals surface area (Å²) in [5, 5.41) is 12.1. The van der Waals surface area contributed by atoms with Gasteiger partial charge in [-0.1, -0.05) is 23.8 Å². The number of aryl methyl sites for hydroxylation is 4. The molecule has 0 saturated heterocycles. The first-order chi connectivity index (χ1) is 14.4. The molecule has 1 heterocycles. The largest absolute Gasteiger partial charge is 0.352 e. The highest BCUT2D eigenvalue weighted by Gasteiger charge is 2.05. The van der Waals surface area contributed by atoms with E-state index in [1.165, 1.54) is 5.56 Å². The van der Waals surface area contributed by atoms with Crippen molar-refractivity contribution in [2.24, 2.45) is 0 Å². The van der Waals surface area contributed by atoms with E-state index in [1.54, 1.807) is 0 Å². The van der Waals surface area contributed by atoms with Gasteiger partial charge in [-0.15, -0.1) is 0 Å². The Morgan fingerprint density at radius 1 is 0.800 bits per heavy atom. The summed E-state index contributed by atoms with van der Waals surface area (Å²) < 4.78 is 0. The van der Waals surface area contributed by atoms with Crippen molar-refractivity contribution in [1.82, 2.24) is 15.3 Å². The average Bonchev–Trinajstić information content (AvgIpc) is 2.66. The van der Waals surface area contributed by atoms with Gasteiger partial charge in [-0.2, -0.15) is 4.98 Å². The molecule has 0 fully saturated rings. The van der Waals surface area contributed by atoms with Crippen molar-refractivity contribution in [3.8, 4) is 0 Å². The van der Waals surface area contributed by atoms with Gasteiger partial charge in [0.25, 0.3) is 0 Å². The second kappa shape index (κ2) is 9.73. The Balaban J connectivity index is 1.49. The molecule has 0 radical (unpaired) electrons. The van der Waals surface area contributed by atoms with Crippen LogP contribution < -0.4 is 21.3 Å². The number of hydrogen-bond donors (Lipinski definition) is 4. The minimum absolute atomic E-state index is 0.242. The first-order valence-corrected chi connectivity index (χ1v) is 9.94. The lowest BCUT2D eigenvalue weighted by Crippen LogP contribution is -2.32. The highest BCUT2D eigenvalue weighted by Crippen LogP contribution is 2.17. The van der Waals surface area contributed by atoms with Gasteiger partial charge in [-0.05, 0) is 63.1 Å². The predicted octanol–water partition coefficient (Wildman–Crippen LogP) is 4.69. The monoisotopic (exact) mass is 404 g/mol. The van der Waals surface area contributed by atoms with Gasteiger partial charge in [0.2, 0.25) is 5.95 Å². The summed E-state index contributed by atoms with van der Waals surface area (Å²) >= 11 is 0. The molecule has 0 aliphatic heterocycles. The zero-order valence-electron chi connectivity index (χ0n) is 17.8. The van der Waals surface area contributed by atoms with Gasteiger partial charge in [0.1, 0.15) is 5.82 Å². The molecular formula is C23H28N6O. The maximum Gasteiger partial charge on any atom is 0.319 e. The fraction of sp³-hybridized carbons (Fsp3) is 0.261. The lowest BCUT2D eigenvalue weighted by molar-refractivity contribution is 0.252. The summed E-state index contributed by atoms with van der Waals surface area (Å²) in [5.74, 6) is 1.23. The molecule has 0 spiro atoms. The molecule has 2 amide bonds. The molecule has 0 saturated carbocycles. The van der Waals surface area contributed by atoms with Crippen LogP contribution in [-0.2, 0) is 0 Å². The number of rotatable bonds is 7. The van der Waals surface area contributed by atoms with E-state index < -0.39 is 0 Å². The summed E-state index contributed by atoms with van der Waals surface area (Å²) in [5.41, 5.74) is 6.02. The second-order valence-electron chi connectivity index (χ2n) is 7.39. The smallest absolute Gasteiger partial charge is 0.319 e. The SMILES string of the molecule is Cc1ccc(Nc2cc(C)nc(NCCNC(=O)Nc3cc(C)cc(C)c3)n2)cc1. The average molecular weight is 405 g/mol. The van der Waals surface area contributed by atoms with Gasteiger partial charge in [-0.25, -0.2) is 9.78 Å². The van der Waals surface area contributed by atoms with Crippen molar-refractivity contribution in [2.45, 2.75) is 27.7 Å². The van der Waals surface area contributed by atoms with Crippen molar-refractivity contribution in [3.05, 3.63) is 70.9 Å². The molecule has 0 bridgehead atoms. The number of benzene rings is 2. The molecule has 7 heteroatoms. The molecule has 2 aromatic carbocycles. The molecule has 0 atom stereocenters. The molecule has 30 heavy (non-hydrogen) atoms. The molecule has 156 valence electrons. The maximum absolute atomic E-state index is 12.1. The molecule has 3 rings (SSSR count). The molecule has 1 aromatic heterocycles. The third kappa shape index (κ3) is 6.48. The van der Waals surface area contributed by atoms with E-state index in [0.29, 0.717) is 19.0 Å². The molecular weight excluding hydrogens is 376 g/mol. The fourth-order valence-corrected chi connectivity index (χ4v) is 3.07. The van der Waals surface area contributed by atoms with Crippen molar-refractivity contribution in [3.63, 3.8) is 0 Å². The first-order valence-electron chi connectivity index (χ1n) is 9.94. The molecule has 3 aromatic rings. The van der Waals surface area contributed by atoms with Crippen molar-refractivity contribution in [1.29, 1.82) is 0 Å². The van der Waals surface area contributed by atoms with Crippen LogP contribution >= 0.6 is 0 Å². The van der Waals surface area contributed by atoms with Crippen LogP contribution in [0.5, 0.6) is 0 Å². The van der Waals surface area contributed by atoms with Crippen LogP contribution in [0.2, 0.25) is 0 Å². The Morgan fingerprint density at radius 3 is 2.20 bits per heavy atom. The number of nitrogens with zero attached hydrogens (tertiary/aromatic N) is 2. The van der Waals surface area contributed by atoms with Crippen LogP contribution in [0, 0.1) is 27.7 Å². The van der Waals surface area contributed by atoms with Crippen molar-refractivity contribution in [2.75, 3.05) is 29.0 Å². The minimum Gasteiger partial charge on any atom is -0.352 e. The maximum atomic E-state index is 12.1. The topological polar surface area (TPSA) is 91.0 Å². The number of amides is 2. The highest BCUT2D eigenvalue weighted by molar-refractivity contribution is 5.89. The van der Waals surface area contributed by atoms with Gasteiger partial charge >= 0.3 is 6.03 Å². The van der Waals surface area contributed by atoms with Crippen LogP contribution in [0.1, 0.15) is 22.4 Å². The van der Waals surface area contributed by atoms with E-state index in [2.05, 4.69) is 44.2 Å². The summed E-state index contributed by atoms with van der Waals surface area (Å²) in [7, 11) is 0. The number of anilines is 4. The second-order valence-corrected chi connectivity index (χ2v) is 7.39. The highest BCUT2D eigenvalue weighted by atomic mass is 16.2. The molecule has 4 N–H and O–H groups in total. The summed E-state index contributed by atoms with van der Waals surface area (Å²) in [6, 6.07) is 15.7. The van der Waals surface area contributed by atoms with Crippen LogP contribution in [0.15, 0.2) is 48.5 Å². The molecule has 0 aliphatic carbocycles. The van der Waals surface area contributed by atoms with E-state index >= 15 is 0 Å². The lowest BCUT2D eigenvalue weighted by Gasteiger charge is -2.11. The van der Waals surface area contributed by atoms with E-state index in [-0.39, 0.29) is 6.03 Å². The molecule has 7 nitrogen and oxygen atoms in total. The van der Waals surface area contributed by atoms with E-state index in [9.17, 15) is 4.79 Å². The van der Waals surface area contributed by atoms with E-state index in [1.807, 2.05) is 63.2 Å². The molecule has 0 unspecified atom stereocenters. The van der Waals surface area contributed by atoms with E-state index in [4.69, 9.17) is 0 Å². The summed E-state index contributed by atoms with van der Waals surface area (Å²) in [4.78, 5) is 21.0. The summed E-state index contributed by atoms with van der Waals surface area (Å²) in [6.07, 6.45) is 0. The third-order valence-corrected chi connectivity index (χ3v) is 4.35. The van der Waals surface area contributed by atoms with Gasteiger partial charge in [0.05, 0.1) is 0 Å². The minimum atomic E-state index is -0.242. The van der Waals surface area contributed by atoms with Gasteiger partial charge in [0.15, 0.2) is 0 Å². The van der Waals surface area contributed by atoms with Crippen LogP contribution in [0.4, 0.5) is 27.9 Å². The van der Waals surface area contributed by atoms with Crippen molar-refractivity contribution < 1.29 is 4.79 Å². The Bertz CT molecular complexity index is 996. The van der Waals surface area contributed by atoms with Crippen LogP contribution in [-0.4, -0.2) is 29.1 Å². The van der Waals surface area contributed by atoms with Crippen molar-refractivity contribution >= 4 is 29.2 Å². The first kappa shape index (κ1) is 21.1. The Labute approximate surface area is 177 Å². The Hall–Kier alpha value is -3.61. The normalized spacial score (nSPS) is 10.4. The zero-order valence-corrected chi connectivity index (χ0v) is 17.8. The van der Waals surface area contributed by atoms with Crippen LogP contribution in [0.3, 0.4) is 0 Å². The predicted molar refractivity (Wildman–Crippen MR) is 123 cm³/mol.